The molecule has 0 spiro atoms. The van der Waals surface area contributed by atoms with E-state index < -0.39 is 0 Å². The number of aromatic amines is 1. The van der Waals surface area contributed by atoms with Gasteiger partial charge in [-0.2, -0.15) is 0 Å². The molecule has 6 heteroatoms. The minimum Gasteiger partial charge on any atom is -0.376 e. The zero-order chi connectivity index (χ0) is 18.6. The number of ether oxygens (including phenoxy) is 2. The second-order valence-electron chi connectivity index (χ2n) is 6.79. The van der Waals surface area contributed by atoms with Crippen LogP contribution in [0.1, 0.15) is 24.8 Å². The Kier molecular flexibility index (Phi) is 5.48. The summed E-state index contributed by atoms with van der Waals surface area (Å²) in [6, 6.07) is 15.1. The quantitative estimate of drug-likeness (QED) is 0.674. The number of para-hydroxylation sites is 1. The number of nitrogens with one attached hydrogen (secondary N) is 1. The fourth-order valence-corrected chi connectivity index (χ4v) is 3.73. The lowest BCUT2D eigenvalue weighted by atomic mass is 10.1. The van der Waals surface area contributed by atoms with Gasteiger partial charge >= 0.3 is 0 Å². The van der Waals surface area contributed by atoms with Crippen LogP contribution in [0.5, 0.6) is 0 Å². The maximum Gasteiger partial charge on any atom is 0.266 e. The average molecular weight is 382 g/mol. The third-order valence-electron chi connectivity index (χ3n) is 4.82. The number of fused-ring (bicyclic) bond motifs is 1. The summed E-state index contributed by atoms with van der Waals surface area (Å²) in [4.78, 5) is 16.0. The Bertz CT molecular complexity index is 1050. The SMILES string of the molecule is O=c1c2ccccc2[nH]c(=S)n1-c1cccc(COC[C@@H]2CCCCO2)c1. The molecule has 1 aliphatic rings. The smallest absolute Gasteiger partial charge is 0.266 e. The molecule has 2 heterocycles. The molecule has 5 nitrogen and oxygen atoms in total. The first-order chi connectivity index (χ1) is 13.2. The van der Waals surface area contributed by atoms with E-state index in [9.17, 15) is 4.79 Å². The van der Waals surface area contributed by atoms with Gasteiger partial charge in [0, 0.05) is 6.61 Å². The predicted octanol–water partition coefficient (Wildman–Crippen LogP) is 4.13. The Labute approximate surface area is 162 Å². The van der Waals surface area contributed by atoms with Crippen LogP contribution < -0.4 is 5.56 Å². The average Bonchev–Trinajstić information content (AvgIpc) is 2.69. The Morgan fingerprint density at radius 1 is 1.19 bits per heavy atom. The van der Waals surface area contributed by atoms with E-state index in [1.54, 1.807) is 6.07 Å². The molecule has 4 rings (SSSR count). The molecule has 0 saturated carbocycles. The number of benzene rings is 2. The molecule has 27 heavy (non-hydrogen) atoms. The standard InChI is InChI=1S/C21H22N2O3S/c24-20-18-9-1-2-10-19(18)22-21(27)23(20)16-7-5-6-15(12-16)13-25-14-17-8-3-4-11-26-17/h1-2,5-7,9-10,12,17H,3-4,8,11,13-14H2,(H,22,27)/t17-/m0/s1. The second-order valence-corrected chi connectivity index (χ2v) is 7.18. The summed E-state index contributed by atoms with van der Waals surface area (Å²) >= 11 is 5.42. The lowest BCUT2D eigenvalue weighted by molar-refractivity contribution is -0.0447. The summed E-state index contributed by atoms with van der Waals surface area (Å²) in [5, 5.41) is 0.613. The zero-order valence-electron chi connectivity index (χ0n) is 15.0. The molecular weight excluding hydrogens is 360 g/mol. The Morgan fingerprint density at radius 2 is 2.07 bits per heavy atom. The molecule has 1 saturated heterocycles. The fraction of sp³-hybridized carbons (Fsp3) is 0.333. The van der Waals surface area contributed by atoms with Crippen molar-refractivity contribution in [3.63, 3.8) is 0 Å². The van der Waals surface area contributed by atoms with E-state index in [-0.39, 0.29) is 11.7 Å². The van der Waals surface area contributed by atoms with Crippen molar-refractivity contribution in [1.29, 1.82) is 0 Å². The van der Waals surface area contributed by atoms with Gasteiger partial charge in [0.15, 0.2) is 4.77 Å². The van der Waals surface area contributed by atoms with E-state index >= 15 is 0 Å². The minimum absolute atomic E-state index is 0.122. The van der Waals surface area contributed by atoms with E-state index in [4.69, 9.17) is 21.7 Å². The van der Waals surface area contributed by atoms with Crippen LogP contribution in [0.15, 0.2) is 53.3 Å². The second kappa shape index (κ2) is 8.17. The van der Waals surface area contributed by atoms with Crippen LogP contribution in [-0.2, 0) is 16.1 Å². The third kappa shape index (κ3) is 4.03. The van der Waals surface area contributed by atoms with Gasteiger partial charge in [0.05, 0.1) is 35.9 Å². The van der Waals surface area contributed by atoms with Crippen molar-refractivity contribution in [2.75, 3.05) is 13.2 Å². The van der Waals surface area contributed by atoms with Gasteiger partial charge in [-0.3, -0.25) is 9.36 Å². The van der Waals surface area contributed by atoms with Gasteiger partial charge in [0.25, 0.3) is 5.56 Å². The van der Waals surface area contributed by atoms with E-state index in [0.717, 1.165) is 36.2 Å². The molecule has 3 aromatic rings. The first-order valence-electron chi connectivity index (χ1n) is 9.25. The molecule has 1 N–H and O–H groups in total. The maximum atomic E-state index is 12.9. The summed E-state index contributed by atoms with van der Waals surface area (Å²) in [6.07, 6.45) is 3.59. The van der Waals surface area contributed by atoms with E-state index in [1.807, 2.05) is 42.5 Å². The molecule has 140 valence electrons. The fourth-order valence-electron chi connectivity index (χ4n) is 3.43. The van der Waals surface area contributed by atoms with Crippen LogP contribution in [0.2, 0.25) is 0 Å². The van der Waals surface area contributed by atoms with Crippen LogP contribution >= 0.6 is 12.2 Å². The molecular formula is C21H22N2O3S. The number of nitrogens with zero attached hydrogens (tertiary/aromatic N) is 1. The van der Waals surface area contributed by atoms with Gasteiger partial charge in [-0.25, -0.2) is 0 Å². The molecule has 0 aliphatic carbocycles. The number of hydrogen-bond donors (Lipinski definition) is 1. The largest absolute Gasteiger partial charge is 0.376 e. The van der Waals surface area contributed by atoms with Gasteiger partial charge in [-0.1, -0.05) is 24.3 Å². The van der Waals surface area contributed by atoms with Gasteiger partial charge in [-0.05, 0) is 61.3 Å². The number of aromatic nitrogens is 2. The van der Waals surface area contributed by atoms with Crippen molar-refractivity contribution < 1.29 is 9.47 Å². The van der Waals surface area contributed by atoms with Gasteiger partial charge in [0.1, 0.15) is 0 Å². The molecule has 1 atom stereocenters. The normalized spacial score (nSPS) is 17.3. The summed E-state index contributed by atoms with van der Waals surface area (Å²) in [5.74, 6) is 0. The van der Waals surface area contributed by atoms with Crippen molar-refractivity contribution in [3.8, 4) is 5.69 Å². The molecule has 0 radical (unpaired) electrons. The molecule has 0 amide bonds. The molecule has 1 aliphatic heterocycles. The molecule has 0 bridgehead atoms. The highest BCUT2D eigenvalue weighted by molar-refractivity contribution is 7.71. The first-order valence-corrected chi connectivity index (χ1v) is 9.66. The Balaban J connectivity index is 1.56. The predicted molar refractivity (Wildman–Crippen MR) is 108 cm³/mol. The van der Waals surface area contributed by atoms with Crippen molar-refractivity contribution in [3.05, 3.63) is 69.2 Å². The summed E-state index contributed by atoms with van der Waals surface area (Å²) in [5.41, 5.74) is 2.36. The minimum atomic E-state index is -0.122. The van der Waals surface area contributed by atoms with Crippen LogP contribution in [0.3, 0.4) is 0 Å². The number of hydrogen-bond acceptors (Lipinski definition) is 4. The summed E-state index contributed by atoms with van der Waals surface area (Å²) < 4.78 is 13.4. The molecule has 0 unspecified atom stereocenters. The number of rotatable bonds is 5. The first kappa shape index (κ1) is 18.1. The van der Waals surface area contributed by atoms with Gasteiger partial charge in [0.2, 0.25) is 0 Å². The monoisotopic (exact) mass is 382 g/mol. The summed E-state index contributed by atoms with van der Waals surface area (Å²) in [6.45, 7) is 1.90. The highest BCUT2D eigenvalue weighted by atomic mass is 32.1. The van der Waals surface area contributed by atoms with E-state index in [0.29, 0.717) is 23.4 Å². The summed E-state index contributed by atoms with van der Waals surface area (Å²) in [7, 11) is 0. The number of H-pyrrole nitrogens is 1. The topological polar surface area (TPSA) is 56.2 Å². The van der Waals surface area contributed by atoms with Gasteiger partial charge in [-0.15, -0.1) is 0 Å². The van der Waals surface area contributed by atoms with Crippen LogP contribution in [0.25, 0.3) is 16.6 Å². The third-order valence-corrected chi connectivity index (χ3v) is 5.11. The Hall–Kier alpha value is -2.28. The highest BCUT2D eigenvalue weighted by Gasteiger charge is 2.14. The lowest BCUT2D eigenvalue weighted by Gasteiger charge is -2.22. The lowest BCUT2D eigenvalue weighted by Crippen LogP contribution is -2.24. The highest BCUT2D eigenvalue weighted by Crippen LogP contribution is 2.16. The van der Waals surface area contributed by atoms with Gasteiger partial charge < -0.3 is 14.5 Å². The molecule has 2 aromatic carbocycles. The van der Waals surface area contributed by atoms with Crippen molar-refractivity contribution in [1.82, 2.24) is 9.55 Å². The van der Waals surface area contributed by atoms with Crippen molar-refractivity contribution >= 4 is 23.1 Å². The van der Waals surface area contributed by atoms with E-state index in [1.165, 1.54) is 11.0 Å². The van der Waals surface area contributed by atoms with E-state index in [2.05, 4.69) is 4.98 Å². The van der Waals surface area contributed by atoms with Crippen LogP contribution in [0.4, 0.5) is 0 Å². The zero-order valence-corrected chi connectivity index (χ0v) is 15.8. The molecule has 1 aromatic heterocycles. The van der Waals surface area contributed by atoms with Crippen LogP contribution in [0, 0.1) is 4.77 Å². The van der Waals surface area contributed by atoms with Crippen molar-refractivity contribution in [2.45, 2.75) is 32.0 Å². The van der Waals surface area contributed by atoms with Crippen molar-refractivity contribution in [2.24, 2.45) is 0 Å². The Morgan fingerprint density at radius 3 is 2.93 bits per heavy atom. The maximum absolute atomic E-state index is 12.9. The molecule has 1 fully saturated rings. The van der Waals surface area contributed by atoms with Crippen LogP contribution in [-0.4, -0.2) is 28.9 Å².